The summed E-state index contributed by atoms with van der Waals surface area (Å²) in [6.07, 6.45) is 4.74. The topological polar surface area (TPSA) is 86.8 Å². The minimum atomic E-state index is -2.72. The average Bonchev–Trinajstić information content (AvgIpc) is 3.37. The van der Waals surface area contributed by atoms with Gasteiger partial charge in [-0.15, -0.1) is 0 Å². The normalized spacial score (nSPS) is 15.4. The van der Waals surface area contributed by atoms with Crippen molar-refractivity contribution in [3.05, 3.63) is 66.7 Å². The highest BCUT2D eigenvalue weighted by Crippen LogP contribution is 2.31. The van der Waals surface area contributed by atoms with Crippen LogP contribution in [0.4, 0.5) is 20.3 Å². The first-order valence-electron chi connectivity index (χ1n) is 9.77. The highest BCUT2D eigenvalue weighted by molar-refractivity contribution is 6.11. The summed E-state index contributed by atoms with van der Waals surface area (Å²) in [6, 6.07) is 12.7. The van der Waals surface area contributed by atoms with Crippen LogP contribution in [-0.4, -0.2) is 45.1 Å². The third-order valence-corrected chi connectivity index (χ3v) is 5.27. The number of halogens is 2. The summed E-state index contributed by atoms with van der Waals surface area (Å²) in [7, 11) is 0. The van der Waals surface area contributed by atoms with E-state index >= 15 is 0 Å². The average molecular weight is 420 g/mol. The van der Waals surface area contributed by atoms with Crippen LogP contribution in [0.3, 0.4) is 0 Å². The monoisotopic (exact) mass is 420 g/mol. The summed E-state index contributed by atoms with van der Waals surface area (Å²) in [4.78, 5) is 22.7. The lowest BCUT2D eigenvalue weighted by atomic mass is 10.0. The number of anilines is 2. The fourth-order valence-electron chi connectivity index (χ4n) is 3.69. The number of aromatic nitrogens is 4. The molecule has 1 amide bonds. The fourth-order valence-corrected chi connectivity index (χ4v) is 3.69. The van der Waals surface area contributed by atoms with Gasteiger partial charge in [-0.05, 0) is 29.8 Å². The van der Waals surface area contributed by atoms with Crippen molar-refractivity contribution in [2.24, 2.45) is 0 Å². The molecule has 3 aromatic heterocycles. The van der Waals surface area contributed by atoms with Gasteiger partial charge in [0.1, 0.15) is 5.82 Å². The van der Waals surface area contributed by atoms with Crippen LogP contribution in [0.15, 0.2) is 61.1 Å². The Hall–Kier alpha value is -3.88. The van der Waals surface area contributed by atoms with Crippen molar-refractivity contribution in [3.8, 4) is 11.1 Å². The van der Waals surface area contributed by atoms with Gasteiger partial charge in [-0.2, -0.15) is 5.10 Å². The van der Waals surface area contributed by atoms with E-state index in [-0.39, 0.29) is 25.2 Å². The molecule has 0 saturated carbocycles. The molecule has 5 rings (SSSR count). The highest BCUT2D eigenvalue weighted by atomic mass is 19.3. The van der Waals surface area contributed by atoms with Gasteiger partial charge in [0.2, 0.25) is 0 Å². The van der Waals surface area contributed by atoms with Gasteiger partial charge < -0.3 is 10.2 Å². The lowest BCUT2D eigenvalue weighted by Gasteiger charge is -2.17. The van der Waals surface area contributed by atoms with E-state index in [1.54, 1.807) is 24.5 Å². The maximum absolute atomic E-state index is 13.5. The molecule has 0 radical (unpaired) electrons. The quantitative estimate of drug-likeness (QED) is 0.519. The molecule has 4 heterocycles. The van der Waals surface area contributed by atoms with Gasteiger partial charge >= 0.3 is 0 Å². The van der Waals surface area contributed by atoms with Gasteiger partial charge in [0.15, 0.2) is 5.69 Å². The molecule has 156 valence electrons. The van der Waals surface area contributed by atoms with Crippen LogP contribution in [0.2, 0.25) is 0 Å². The van der Waals surface area contributed by atoms with Crippen molar-refractivity contribution in [2.45, 2.75) is 12.3 Å². The largest absolute Gasteiger partial charge is 0.350 e. The molecule has 0 bridgehead atoms. The summed E-state index contributed by atoms with van der Waals surface area (Å²) in [5.74, 6) is -2.72. The van der Waals surface area contributed by atoms with Crippen LogP contribution in [0.25, 0.3) is 22.0 Å². The number of rotatable bonds is 4. The minimum absolute atomic E-state index is 0.205. The zero-order valence-electron chi connectivity index (χ0n) is 16.3. The Balaban J connectivity index is 1.40. The van der Waals surface area contributed by atoms with Crippen LogP contribution in [0.5, 0.6) is 0 Å². The number of aromatic amines is 1. The molecule has 9 heteroatoms. The van der Waals surface area contributed by atoms with Crippen molar-refractivity contribution >= 4 is 28.3 Å². The number of amides is 1. The van der Waals surface area contributed by atoms with E-state index < -0.39 is 11.8 Å². The molecule has 4 aromatic rings. The van der Waals surface area contributed by atoms with E-state index in [1.807, 2.05) is 30.3 Å². The van der Waals surface area contributed by atoms with Gasteiger partial charge in [-0.25, -0.2) is 13.8 Å². The Morgan fingerprint density at radius 2 is 2.03 bits per heavy atom. The number of carbonyl (C=O) groups excluding carboxylic acids is 1. The molecular weight excluding hydrogens is 402 g/mol. The van der Waals surface area contributed by atoms with Crippen molar-refractivity contribution < 1.29 is 13.6 Å². The first kappa shape index (κ1) is 19.1. The third-order valence-electron chi connectivity index (χ3n) is 5.27. The van der Waals surface area contributed by atoms with E-state index in [0.717, 1.165) is 16.6 Å². The lowest BCUT2D eigenvalue weighted by molar-refractivity contribution is 0.0256. The first-order valence-corrected chi connectivity index (χ1v) is 9.77. The highest BCUT2D eigenvalue weighted by Gasteiger charge is 2.38. The van der Waals surface area contributed by atoms with E-state index in [9.17, 15) is 13.6 Å². The van der Waals surface area contributed by atoms with Gasteiger partial charge in [0.05, 0.1) is 12.1 Å². The number of benzene rings is 1. The van der Waals surface area contributed by atoms with E-state index in [0.29, 0.717) is 16.9 Å². The van der Waals surface area contributed by atoms with Crippen molar-refractivity contribution in [2.75, 3.05) is 23.3 Å². The Kier molecular flexibility index (Phi) is 4.58. The second kappa shape index (κ2) is 7.42. The number of nitrogens with zero attached hydrogens (tertiary/aromatic N) is 4. The molecule has 1 aliphatic rings. The summed E-state index contributed by atoms with van der Waals surface area (Å²) in [5, 5.41) is 10.5. The maximum Gasteiger partial charge on any atom is 0.276 e. The maximum atomic E-state index is 13.5. The second-order valence-corrected chi connectivity index (χ2v) is 7.46. The molecule has 1 aliphatic heterocycles. The zero-order chi connectivity index (χ0) is 21.4. The van der Waals surface area contributed by atoms with Crippen molar-refractivity contribution in [1.82, 2.24) is 20.2 Å². The first-order chi connectivity index (χ1) is 15.0. The zero-order valence-corrected chi connectivity index (χ0v) is 16.3. The summed E-state index contributed by atoms with van der Waals surface area (Å²) < 4.78 is 27.1. The molecule has 0 unspecified atom stereocenters. The molecule has 0 spiro atoms. The summed E-state index contributed by atoms with van der Waals surface area (Å²) in [6.45, 7) is -0.156. The standard InChI is InChI=1S/C22H18F2N6O/c23-22(24)6-9-30(13-22)19-11-16(5-8-26-19)27-21(31)20-17-10-14(3-4-18(17)28-29-20)15-2-1-7-25-12-15/h1-5,7-8,10-12H,6,9,13H2,(H,28,29)(H,26,27,31). The van der Waals surface area contributed by atoms with Crippen LogP contribution in [0, 0.1) is 0 Å². The molecule has 31 heavy (non-hydrogen) atoms. The number of pyridine rings is 2. The molecule has 0 aliphatic carbocycles. The Morgan fingerprint density at radius 3 is 2.81 bits per heavy atom. The lowest BCUT2D eigenvalue weighted by Crippen LogP contribution is -2.25. The molecule has 1 saturated heterocycles. The minimum Gasteiger partial charge on any atom is -0.350 e. The van der Waals surface area contributed by atoms with Crippen LogP contribution < -0.4 is 10.2 Å². The third kappa shape index (κ3) is 3.81. The molecular formula is C22H18F2N6O. The van der Waals surface area contributed by atoms with Gasteiger partial charge in [-0.1, -0.05) is 12.1 Å². The van der Waals surface area contributed by atoms with Crippen molar-refractivity contribution in [3.63, 3.8) is 0 Å². The number of carbonyl (C=O) groups is 1. The number of hydrogen-bond donors (Lipinski definition) is 2. The molecule has 2 N–H and O–H groups in total. The van der Waals surface area contributed by atoms with Crippen LogP contribution >= 0.6 is 0 Å². The number of H-pyrrole nitrogens is 1. The number of fused-ring (bicyclic) bond motifs is 1. The predicted molar refractivity (Wildman–Crippen MR) is 113 cm³/mol. The summed E-state index contributed by atoms with van der Waals surface area (Å²) >= 11 is 0. The molecule has 7 nitrogen and oxygen atoms in total. The number of hydrogen-bond acceptors (Lipinski definition) is 5. The van der Waals surface area contributed by atoms with E-state index in [4.69, 9.17) is 0 Å². The predicted octanol–water partition coefficient (Wildman–Crippen LogP) is 4.12. The van der Waals surface area contributed by atoms with Gasteiger partial charge in [-0.3, -0.25) is 14.9 Å². The van der Waals surface area contributed by atoms with E-state index in [2.05, 4.69) is 25.5 Å². The van der Waals surface area contributed by atoms with Gasteiger partial charge in [0, 0.05) is 54.3 Å². The smallest absolute Gasteiger partial charge is 0.276 e. The molecule has 0 atom stereocenters. The van der Waals surface area contributed by atoms with E-state index in [1.165, 1.54) is 11.1 Å². The number of alkyl halides is 2. The summed E-state index contributed by atoms with van der Waals surface area (Å²) in [5.41, 5.74) is 3.28. The SMILES string of the molecule is O=C(Nc1ccnc(N2CCC(F)(F)C2)c1)c1n[nH]c2ccc(-c3cccnc3)cc12. The second-order valence-electron chi connectivity index (χ2n) is 7.46. The van der Waals surface area contributed by atoms with Crippen LogP contribution in [-0.2, 0) is 0 Å². The molecule has 1 fully saturated rings. The Labute approximate surface area is 176 Å². The van der Waals surface area contributed by atoms with Crippen molar-refractivity contribution in [1.29, 1.82) is 0 Å². The fraction of sp³-hybridized carbons (Fsp3) is 0.182. The van der Waals surface area contributed by atoms with Gasteiger partial charge in [0.25, 0.3) is 11.8 Å². The Morgan fingerprint density at radius 1 is 1.13 bits per heavy atom. The Bertz CT molecular complexity index is 1260. The number of nitrogens with one attached hydrogen (secondary N) is 2. The van der Waals surface area contributed by atoms with Crippen LogP contribution in [0.1, 0.15) is 16.9 Å². The molecule has 1 aromatic carbocycles.